The van der Waals surface area contributed by atoms with Crippen LogP contribution in [0.1, 0.15) is 20.2 Å². The minimum Gasteiger partial charge on any atom is -0.335 e. The van der Waals surface area contributed by atoms with Gasteiger partial charge in [-0.15, -0.1) is 11.3 Å². The van der Waals surface area contributed by atoms with Crippen molar-refractivity contribution >= 4 is 44.6 Å². The maximum absolute atomic E-state index is 12.9. The van der Waals surface area contributed by atoms with Crippen molar-refractivity contribution in [1.29, 1.82) is 0 Å². The van der Waals surface area contributed by atoms with Crippen LogP contribution in [0.25, 0.3) is 0 Å². The van der Waals surface area contributed by atoms with Crippen LogP contribution < -0.4 is 0 Å². The molecule has 1 aromatic heterocycles. The fourth-order valence-corrected chi connectivity index (χ4v) is 6.50. The molecule has 2 aliphatic rings. The minimum absolute atomic E-state index is 0.0223. The monoisotopic (exact) mass is 530 g/mol. The highest BCUT2D eigenvalue weighted by atomic mass is 35.5. The quantitative estimate of drug-likeness (QED) is 0.504. The van der Waals surface area contributed by atoms with Crippen molar-refractivity contribution in [2.75, 3.05) is 39.3 Å². The van der Waals surface area contributed by atoms with E-state index in [1.54, 1.807) is 40.7 Å². The molecule has 2 aromatic carbocycles. The zero-order valence-electron chi connectivity index (χ0n) is 18.7. The van der Waals surface area contributed by atoms with Gasteiger partial charge in [0.15, 0.2) is 5.01 Å². The van der Waals surface area contributed by atoms with Crippen LogP contribution in [0.5, 0.6) is 0 Å². The average Bonchev–Trinajstić information content (AvgIpc) is 3.38. The molecule has 11 heteroatoms. The second kappa shape index (κ2) is 9.69. The van der Waals surface area contributed by atoms with Crippen molar-refractivity contribution in [3.05, 3.63) is 75.7 Å². The summed E-state index contributed by atoms with van der Waals surface area (Å²) in [6.45, 7) is 4.04. The molecule has 0 saturated carbocycles. The van der Waals surface area contributed by atoms with Crippen molar-refractivity contribution in [1.82, 2.24) is 19.7 Å². The first-order valence-electron chi connectivity index (χ1n) is 11.2. The molecular formula is C24H23ClN4O4S2. The smallest absolute Gasteiger partial charge is 0.282 e. The van der Waals surface area contributed by atoms with E-state index in [0.717, 1.165) is 13.1 Å². The van der Waals surface area contributed by atoms with Gasteiger partial charge in [-0.05, 0) is 42.5 Å². The number of halogens is 1. The molecule has 0 bridgehead atoms. The lowest BCUT2D eigenvalue weighted by Crippen LogP contribution is -2.64. The third kappa shape index (κ3) is 4.84. The van der Waals surface area contributed by atoms with E-state index < -0.39 is 9.84 Å². The van der Waals surface area contributed by atoms with Crippen LogP contribution in [-0.2, 0) is 9.84 Å². The fourth-order valence-electron chi connectivity index (χ4n) is 4.34. The number of thiazole rings is 1. The summed E-state index contributed by atoms with van der Waals surface area (Å²) in [4.78, 5) is 35.6. The molecule has 2 aliphatic heterocycles. The van der Waals surface area contributed by atoms with E-state index >= 15 is 0 Å². The number of hydrogen-bond donors (Lipinski definition) is 0. The van der Waals surface area contributed by atoms with Gasteiger partial charge in [-0.25, -0.2) is 13.4 Å². The maximum Gasteiger partial charge on any atom is 0.282 e. The van der Waals surface area contributed by atoms with E-state index in [-0.39, 0.29) is 27.6 Å². The summed E-state index contributed by atoms with van der Waals surface area (Å²) in [5.41, 5.74) is 0.451. The normalized spacial score (nSPS) is 17.3. The van der Waals surface area contributed by atoms with Gasteiger partial charge < -0.3 is 9.80 Å². The Bertz CT molecular complexity index is 1330. The number of hydrogen-bond acceptors (Lipinski definition) is 7. The largest absolute Gasteiger partial charge is 0.335 e. The summed E-state index contributed by atoms with van der Waals surface area (Å²) < 4.78 is 25.7. The summed E-state index contributed by atoms with van der Waals surface area (Å²) >= 11 is 7.29. The molecule has 2 fully saturated rings. The van der Waals surface area contributed by atoms with Gasteiger partial charge in [0.25, 0.3) is 11.8 Å². The standard InChI is InChI=1S/C24H23ClN4O4S2/c25-18-2-1-3-21(14-18)35(32,33)20-6-4-17(5-7-20)23(30)29-15-19(16-29)27-9-11-28(12-10-27)24(31)22-26-8-13-34-22/h1-8,13-14,19H,9-12,15-16H2. The van der Waals surface area contributed by atoms with Gasteiger partial charge in [-0.2, -0.15) is 0 Å². The molecule has 182 valence electrons. The number of rotatable bonds is 5. The lowest BCUT2D eigenvalue weighted by molar-refractivity contribution is 0.00852. The van der Waals surface area contributed by atoms with Crippen molar-refractivity contribution in [3.63, 3.8) is 0 Å². The van der Waals surface area contributed by atoms with E-state index in [9.17, 15) is 18.0 Å². The molecule has 2 amide bonds. The molecule has 3 aromatic rings. The first-order chi connectivity index (χ1) is 16.8. The van der Waals surface area contributed by atoms with Crippen LogP contribution in [0.2, 0.25) is 5.02 Å². The third-order valence-corrected chi connectivity index (χ3v) is 9.16. The topological polar surface area (TPSA) is 90.9 Å². The van der Waals surface area contributed by atoms with E-state index in [0.29, 0.717) is 41.8 Å². The highest BCUT2D eigenvalue weighted by Gasteiger charge is 2.37. The lowest BCUT2D eigenvalue weighted by Gasteiger charge is -2.48. The summed E-state index contributed by atoms with van der Waals surface area (Å²) in [7, 11) is -3.71. The van der Waals surface area contributed by atoms with Gasteiger partial charge >= 0.3 is 0 Å². The summed E-state index contributed by atoms with van der Waals surface area (Å²) in [5.74, 6) is -0.142. The predicted molar refractivity (Wildman–Crippen MR) is 133 cm³/mol. The lowest BCUT2D eigenvalue weighted by atomic mass is 10.0. The Hall–Kier alpha value is -2.79. The molecular weight excluding hydrogens is 508 g/mol. The molecule has 8 nitrogen and oxygen atoms in total. The second-order valence-electron chi connectivity index (χ2n) is 8.51. The first-order valence-corrected chi connectivity index (χ1v) is 13.9. The number of likely N-dealkylation sites (tertiary alicyclic amines) is 1. The van der Waals surface area contributed by atoms with Gasteiger partial charge in [-0.1, -0.05) is 17.7 Å². The zero-order chi connectivity index (χ0) is 24.6. The minimum atomic E-state index is -3.71. The van der Waals surface area contributed by atoms with Crippen LogP contribution in [0.3, 0.4) is 0 Å². The summed E-state index contributed by atoms with van der Waals surface area (Å²) in [5, 5.41) is 2.66. The number of aromatic nitrogens is 1. The average molecular weight is 531 g/mol. The van der Waals surface area contributed by atoms with Crippen molar-refractivity contribution in [2.45, 2.75) is 15.8 Å². The van der Waals surface area contributed by atoms with Gasteiger partial charge in [0.1, 0.15) is 0 Å². The van der Waals surface area contributed by atoms with Crippen molar-refractivity contribution in [3.8, 4) is 0 Å². The molecule has 0 atom stereocenters. The number of carbonyl (C=O) groups excluding carboxylic acids is 2. The second-order valence-corrected chi connectivity index (χ2v) is 11.8. The SMILES string of the molecule is O=C(c1ccc(S(=O)(=O)c2cccc(Cl)c2)cc1)N1CC(N2CCN(C(=O)c3nccs3)CC2)C1. The van der Waals surface area contributed by atoms with Gasteiger partial charge in [-0.3, -0.25) is 14.5 Å². The van der Waals surface area contributed by atoms with E-state index in [4.69, 9.17) is 11.6 Å². The van der Waals surface area contributed by atoms with Crippen molar-refractivity contribution in [2.24, 2.45) is 0 Å². The number of piperazine rings is 1. The Balaban J connectivity index is 1.15. The Kier molecular flexibility index (Phi) is 6.63. The molecule has 5 rings (SSSR count). The number of nitrogens with zero attached hydrogens (tertiary/aromatic N) is 4. The molecule has 0 unspecified atom stereocenters. The van der Waals surface area contributed by atoms with Gasteiger partial charge in [0, 0.05) is 67.5 Å². The molecule has 3 heterocycles. The molecule has 0 spiro atoms. The number of sulfone groups is 1. The Morgan fingerprint density at radius 3 is 2.26 bits per heavy atom. The summed E-state index contributed by atoms with van der Waals surface area (Å²) in [6.07, 6.45) is 1.64. The third-order valence-electron chi connectivity index (χ3n) is 6.40. The van der Waals surface area contributed by atoms with Crippen LogP contribution in [0, 0.1) is 0 Å². The summed E-state index contributed by atoms with van der Waals surface area (Å²) in [6, 6.07) is 12.4. The van der Waals surface area contributed by atoms with E-state index in [1.165, 1.54) is 35.6 Å². The molecule has 0 aliphatic carbocycles. The van der Waals surface area contributed by atoms with Crippen LogP contribution in [0.4, 0.5) is 0 Å². The predicted octanol–water partition coefficient (Wildman–Crippen LogP) is 2.91. The van der Waals surface area contributed by atoms with Gasteiger partial charge in [0.2, 0.25) is 9.84 Å². The number of benzene rings is 2. The molecule has 0 radical (unpaired) electrons. The number of amides is 2. The zero-order valence-corrected chi connectivity index (χ0v) is 21.1. The first kappa shape index (κ1) is 23.9. The Labute approximate surface area is 212 Å². The Morgan fingerprint density at radius 1 is 0.914 bits per heavy atom. The van der Waals surface area contributed by atoms with Crippen molar-refractivity contribution < 1.29 is 18.0 Å². The fraction of sp³-hybridized carbons (Fsp3) is 0.292. The Morgan fingerprint density at radius 2 is 1.63 bits per heavy atom. The van der Waals surface area contributed by atoms with Gasteiger partial charge in [0.05, 0.1) is 9.79 Å². The highest BCUT2D eigenvalue weighted by Crippen LogP contribution is 2.25. The van der Waals surface area contributed by atoms with E-state index in [2.05, 4.69) is 9.88 Å². The maximum atomic E-state index is 12.9. The molecule has 2 saturated heterocycles. The number of carbonyl (C=O) groups is 2. The van der Waals surface area contributed by atoms with Crippen LogP contribution >= 0.6 is 22.9 Å². The van der Waals surface area contributed by atoms with Crippen LogP contribution in [-0.4, -0.2) is 85.2 Å². The molecule has 35 heavy (non-hydrogen) atoms. The molecule has 0 N–H and O–H groups in total. The highest BCUT2D eigenvalue weighted by molar-refractivity contribution is 7.91. The van der Waals surface area contributed by atoms with E-state index in [1.807, 2.05) is 4.90 Å². The van der Waals surface area contributed by atoms with Crippen LogP contribution in [0.15, 0.2) is 69.9 Å².